The quantitative estimate of drug-likeness (QED) is 0.701. The van der Waals surface area contributed by atoms with Crippen LogP contribution in [0.1, 0.15) is 89.9 Å². The topological polar surface area (TPSA) is 21.3 Å². The van der Waals surface area contributed by atoms with Crippen LogP contribution in [0.25, 0.3) is 0 Å². The highest BCUT2D eigenvalue weighted by molar-refractivity contribution is 5.00. The molecule has 116 valence electrons. The molecule has 1 aliphatic heterocycles. The molecule has 2 heteroatoms. The second kappa shape index (κ2) is 7.26. The minimum absolute atomic E-state index is 0.359. The van der Waals surface area contributed by atoms with E-state index in [9.17, 15) is 0 Å². The van der Waals surface area contributed by atoms with Gasteiger partial charge in [-0.1, -0.05) is 64.2 Å². The largest absolute Gasteiger partial charge is 0.375 e. The standard InChI is InChI=1S/C18H33NO/c1-2-4-6-8-12-17-16(11-7-5-3-1)19-18(15-20-17)13-9-10-14-18/h16-17,19H,1-15H2. The van der Waals surface area contributed by atoms with Gasteiger partial charge in [0.05, 0.1) is 12.7 Å². The summed E-state index contributed by atoms with van der Waals surface area (Å²) in [5, 5.41) is 4.06. The van der Waals surface area contributed by atoms with Gasteiger partial charge in [0.15, 0.2) is 0 Å². The molecule has 20 heavy (non-hydrogen) atoms. The van der Waals surface area contributed by atoms with Gasteiger partial charge in [-0.15, -0.1) is 0 Å². The highest BCUT2D eigenvalue weighted by Crippen LogP contribution is 2.35. The lowest BCUT2D eigenvalue weighted by atomic mass is 9.88. The van der Waals surface area contributed by atoms with E-state index in [1.165, 1.54) is 89.9 Å². The Balaban J connectivity index is 1.58. The molecule has 2 saturated carbocycles. The number of rotatable bonds is 0. The first-order chi connectivity index (χ1) is 9.88. The fraction of sp³-hybridized carbons (Fsp3) is 1.00. The lowest BCUT2D eigenvalue weighted by molar-refractivity contribution is -0.0676. The Bertz CT molecular complexity index is 285. The summed E-state index contributed by atoms with van der Waals surface area (Å²) in [7, 11) is 0. The van der Waals surface area contributed by atoms with Gasteiger partial charge < -0.3 is 10.1 Å². The fourth-order valence-electron chi connectivity index (χ4n) is 4.56. The molecular formula is C18H33NO. The maximum absolute atomic E-state index is 6.36. The van der Waals surface area contributed by atoms with Crippen LogP contribution in [-0.2, 0) is 4.74 Å². The van der Waals surface area contributed by atoms with Gasteiger partial charge in [0.25, 0.3) is 0 Å². The zero-order valence-electron chi connectivity index (χ0n) is 13.2. The highest BCUT2D eigenvalue weighted by Gasteiger charge is 2.42. The summed E-state index contributed by atoms with van der Waals surface area (Å²) in [4.78, 5) is 0. The average molecular weight is 279 g/mol. The van der Waals surface area contributed by atoms with Crippen LogP contribution < -0.4 is 5.32 Å². The van der Waals surface area contributed by atoms with Crippen molar-refractivity contribution in [1.29, 1.82) is 0 Å². The van der Waals surface area contributed by atoms with Crippen LogP contribution in [0.2, 0.25) is 0 Å². The first-order valence-corrected chi connectivity index (χ1v) is 9.27. The van der Waals surface area contributed by atoms with Crippen molar-refractivity contribution in [1.82, 2.24) is 5.32 Å². The van der Waals surface area contributed by atoms with Crippen molar-refractivity contribution < 1.29 is 4.74 Å². The molecule has 3 fully saturated rings. The van der Waals surface area contributed by atoms with Gasteiger partial charge in [-0.2, -0.15) is 0 Å². The molecule has 2 unspecified atom stereocenters. The summed E-state index contributed by atoms with van der Waals surface area (Å²) < 4.78 is 6.36. The zero-order valence-corrected chi connectivity index (χ0v) is 13.2. The van der Waals surface area contributed by atoms with Crippen LogP contribution in [-0.4, -0.2) is 24.3 Å². The molecule has 0 aromatic carbocycles. The third-order valence-corrected chi connectivity index (χ3v) is 5.83. The maximum Gasteiger partial charge on any atom is 0.0729 e. The van der Waals surface area contributed by atoms with Crippen molar-refractivity contribution >= 4 is 0 Å². The summed E-state index contributed by atoms with van der Waals surface area (Å²) in [6.07, 6.45) is 20.0. The van der Waals surface area contributed by atoms with E-state index in [0.717, 1.165) is 6.61 Å². The summed E-state index contributed by atoms with van der Waals surface area (Å²) in [6.45, 7) is 0.980. The lowest BCUT2D eigenvalue weighted by Gasteiger charge is -2.44. The number of fused-ring (bicyclic) bond motifs is 1. The second-order valence-electron chi connectivity index (χ2n) is 7.49. The van der Waals surface area contributed by atoms with E-state index >= 15 is 0 Å². The lowest BCUT2D eigenvalue weighted by Crippen LogP contribution is -2.61. The van der Waals surface area contributed by atoms with Crippen molar-refractivity contribution in [3.8, 4) is 0 Å². The van der Waals surface area contributed by atoms with E-state index in [-0.39, 0.29) is 0 Å². The number of ether oxygens (including phenoxy) is 1. The van der Waals surface area contributed by atoms with Crippen LogP contribution in [0.3, 0.4) is 0 Å². The van der Waals surface area contributed by atoms with Gasteiger partial charge >= 0.3 is 0 Å². The maximum atomic E-state index is 6.36. The van der Waals surface area contributed by atoms with Crippen molar-refractivity contribution in [3.05, 3.63) is 0 Å². The Morgan fingerprint density at radius 3 is 2.00 bits per heavy atom. The summed E-state index contributed by atoms with van der Waals surface area (Å²) in [5.74, 6) is 0. The van der Waals surface area contributed by atoms with E-state index in [1.54, 1.807) is 0 Å². The monoisotopic (exact) mass is 279 g/mol. The van der Waals surface area contributed by atoms with Crippen LogP contribution in [0, 0.1) is 0 Å². The van der Waals surface area contributed by atoms with Crippen LogP contribution >= 0.6 is 0 Å². The number of hydrogen-bond donors (Lipinski definition) is 1. The van der Waals surface area contributed by atoms with Crippen molar-refractivity contribution in [2.75, 3.05) is 6.61 Å². The molecule has 1 N–H and O–H groups in total. The molecule has 2 aliphatic carbocycles. The van der Waals surface area contributed by atoms with Crippen LogP contribution in [0.4, 0.5) is 0 Å². The number of nitrogens with one attached hydrogen (secondary N) is 1. The average Bonchev–Trinajstić information content (AvgIpc) is 2.89. The number of hydrogen-bond acceptors (Lipinski definition) is 2. The minimum atomic E-state index is 0.359. The molecule has 3 rings (SSSR count). The van der Waals surface area contributed by atoms with E-state index in [1.807, 2.05) is 0 Å². The normalized spacial score (nSPS) is 36.0. The Kier molecular flexibility index (Phi) is 5.39. The van der Waals surface area contributed by atoms with E-state index in [4.69, 9.17) is 4.74 Å². The van der Waals surface area contributed by atoms with Crippen molar-refractivity contribution in [2.24, 2.45) is 0 Å². The summed E-state index contributed by atoms with van der Waals surface area (Å²) in [6, 6.07) is 0.640. The van der Waals surface area contributed by atoms with Crippen LogP contribution in [0.15, 0.2) is 0 Å². The van der Waals surface area contributed by atoms with Crippen LogP contribution in [0.5, 0.6) is 0 Å². The predicted molar refractivity (Wildman–Crippen MR) is 84.0 cm³/mol. The van der Waals surface area contributed by atoms with Gasteiger partial charge in [-0.25, -0.2) is 0 Å². The first kappa shape index (κ1) is 14.8. The molecule has 1 heterocycles. The molecule has 0 amide bonds. The van der Waals surface area contributed by atoms with E-state index in [0.29, 0.717) is 17.7 Å². The molecule has 1 saturated heterocycles. The van der Waals surface area contributed by atoms with Gasteiger partial charge in [0, 0.05) is 11.6 Å². The van der Waals surface area contributed by atoms with E-state index in [2.05, 4.69) is 5.32 Å². The summed E-state index contributed by atoms with van der Waals surface area (Å²) in [5.41, 5.74) is 0.359. The number of morpholine rings is 1. The Morgan fingerprint density at radius 1 is 0.700 bits per heavy atom. The molecule has 0 aromatic rings. The third-order valence-electron chi connectivity index (χ3n) is 5.83. The molecule has 0 aromatic heterocycles. The first-order valence-electron chi connectivity index (χ1n) is 9.27. The molecule has 3 aliphatic rings. The third kappa shape index (κ3) is 3.76. The Hall–Kier alpha value is -0.0800. The summed E-state index contributed by atoms with van der Waals surface area (Å²) >= 11 is 0. The zero-order chi connectivity index (χ0) is 13.7. The van der Waals surface area contributed by atoms with Gasteiger partial charge in [0.1, 0.15) is 0 Å². The molecule has 2 atom stereocenters. The SMILES string of the molecule is C1CCCCCC2OCC3(CCCC3)NC2CCCC1. The smallest absolute Gasteiger partial charge is 0.0729 e. The van der Waals surface area contributed by atoms with Gasteiger partial charge in [0.2, 0.25) is 0 Å². The van der Waals surface area contributed by atoms with Crippen molar-refractivity contribution in [2.45, 2.75) is 108 Å². The molecule has 1 spiro atoms. The second-order valence-corrected chi connectivity index (χ2v) is 7.49. The highest BCUT2D eigenvalue weighted by atomic mass is 16.5. The molecule has 0 radical (unpaired) electrons. The van der Waals surface area contributed by atoms with Crippen molar-refractivity contribution in [3.63, 3.8) is 0 Å². The molecule has 0 bridgehead atoms. The predicted octanol–water partition coefficient (Wildman–Crippen LogP) is 4.57. The fourth-order valence-corrected chi connectivity index (χ4v) is 4.56. The Labute approximate surface area is 125 Å². The van der Waals surface area contributed by atoms with Gasteiger partial charge in [-0.05, 0) is 25.7 Å². The molecular weight excluding hydrogens is 246 g/mol. The van der Waals surface area contributed by atoms with Gasteiger partial charge in [-0.3, -0.25) is 0 Å². The molecule has 2 nitrogen and oxygen atoms in total. The van der Waals surface area contributed by atoms with E-state index < -0.39 is 0 Å². The minimum Gasteiger partial charge on any atom is -0.375 e. The Morgan fingerprint density at radius 2 is 1.30 bits per heavy atom.